The summed E-state index contributed by atoms with van der Waals surface area (Å²) in [5, 5.41) is 6.13. The molecule has 2 aromatic rings. The van der Waals surface area contributed by atoms with Crippen LogP contribution in [0.25, 0.3) is 0 Å². The summed E-state index contributed by atoms with van der Waals surface area (Å²) in [6, 6.07) is 5.84. The fourth-order valence-corrected chi connectivity index (χ4v) is 4.02. The molecule has 146 valence electrons. The van der Waals surface area contributed by atoms with E-state index in [1.165, 1.54) is 12.1 Å². The highest BCUT2D eigenvalue weighted by molar-refractivity contribution is 7.09. The maximum absolute atomic E-state index is 12.9. The predicted molar refractivity (Wildman–Crippen MR) is 108 cm³/mol. The lowest BCUT2D eigenvalue weighted by Gasteiger charge is -2.33. The Morgan fingerprint density at radius 3 is 2.37 bits per heavy atom. The van der Waals surface area contributed by atoms with Crippen LogP contribution in [0.1, 0.15) is 31.5 Å². The number of amides is 1. The van der Waals surface area contributed by atoms with Gasteiger partial charge in [-0.25, -0.2) is 9.37 Å². The number of benzene rings is 1. The molecule has 0 unspecified atom stereocenters. The van der Waals surface area contributed by atoms with E-state index in [0.717, 1.165) is 43.4 Å². The van der Waals surface area contributed by atoms with Crippen LogP contribution in [0.15, 0.2) is 29.6 Å². The third kappa shape index (κ3) is 5.82. The first-order valence-corrected chi connectivity index (χ1v) is 10.1. The van der Waals surface area contributed by atoms with Crippen molar-refractivity contribution in [3.63, 3.8) is 0 Å². The summed E-state index contributed by atoms with van der Waals surface area (Å²) in [4.78, 5) is 21.5. The maximum Gasteiger partial charge on any atom is 0.238 e. The molecule has 2 heterocycles. The summed E-state index contributed by atoms with van der Waals surface area (Å²) >= 11 is 1.73. The van der Waals surface area contributed by atoms with Crippen molar-refractivity contribution < 1.29 is 9.18 Å². The Morgan fingerprint density at radius 1 is 1.15 bits per heavy atom. The Hall–Kier alpha value is -1.83. The Labute approximate surface area is 164 Å². The van der Waals surface area contributed by atoms with Crippen molar-refractivity contribution in [2.75, 3.05) is 38.0 Å². The molecule has 7 heteroatoms. The Kier molecular flexibility index (Phi) is 6.24. The van der Waals surface area contributed by atoms with Crippen molar-refractivity contribution in [1.29, 1.82) is 0 Å². The van der Waals surface area contributed by atoms with E-state index >= 15 is 0 Å². The second kappa shape index (κ2) is 8.46. The number of hydrogen-bond donors (Lipinski definition) is 1. The third-order valence-corrected chi connectivity index (χ3v) is 5.47. The van der Waals surface area contributed by atoms with Gasteiger partial charge in [0.2, 0.25) is 5.91 Å². The van der Waals surface area contributed by atoms with Crippen LogP contribution in [0.4, 0.5) is 10.1 Å². The summed E-state index contributed by atoms with van der Waals surface area (Å²) in [5.41, 5.74) is 1.86. The zero-order chi connectivity index (χ0) is 19.4. The molecule has 0 radical (unpaired) electrons. The predicted octanol–water partition coefficient (Wildman–Crippen LogP) is 3.34. The maximum atomic E-state index is 12.9. The molecule has 0 saturated carbocycles. The molecule has 1 N–H and O–H groups in total. The van der Waals surface area contributed by atoms with Crippen LogP contribution in [-0.4, -0.2) is 53.4 Å². The number of nitrogens with zero attached hydrogens (tertiary/aromatic N) is 3. The molecule has 1 fully saturated rings. The molecule has 1 aromatic heterocycles. The average molecular weight is 391 g/mol. The van der Waals surface area contributed by atoms with E-state index in [1.54, 1.807) is 23.5 Å². The van der Waals surface area contributed by atoms with Crippen molar-refractivity contribution in [3.05, 3.63) is 46.2 Å². The zero-order valence-corrected chi connectivity index (χ0v) is 17.0. The van der Waals surface area contributed by atoms with Gasteiger partial charge in [-0.1, -0.05) is 20.8 Å². The fraction of sp³-hybridized carbons (Fsp3) is 0.500. The van der Waals surface area contributed by atoms with Crippen LogP contribution >= 0.6 is 11.3 Å². The molecule has 0 aliphatic carbocycles. The van der Waals surface area contributed by atoms with Gasteiger partial charge < -0.3 is 5.32 Å². The number of carbonyl (C=O) groups is 1. The largest absolute Gasteiger partial charge is 0.325 e. The van der Waals surface area contributed by atoms with E-state index in [-0.39, 0.29) is 17.1 Å². The van der Waals surface area contributed by atoms with Crippen molar-refractivity contribution in [3.8, 4) is 0 Å². The lowest BCUT2D eigenvalue weighted by atomic mass is 9.93. The molecule has 27 heavy (non-hydrogen) atoms. The highest BCUT2D eigenvalue weighted by Crippen LogP contribution is 2.24. The average Bonchev–Trinajstić information content (AvgIpc) is 3.08. The second-order valence-corrected chi connectivity index (χ2v) is 8.93. The number of piperazine rings is 1. The van der Waals surface area contributed by atoms with E-state index in [2.05, 4.69) is 41.3 Å². The van der Waals surface area contributed by atoms with Crippen molar-refractivity contribution in [2.45, 2.75) is 32.7 Å². The molecule has 0 atom stereocenters. The van der Waals surface area contributed by atoms with Crippen molar-refractivity contribution in [1.82, 2.24) is 14.8 Å². The standard InChI is InChI=1S/C20H27FN4OS/c1-20(2,3)17-14-27-19(23-17)13-25-10-8-24(9-11-25)12-18(26)22-16-6-4-15(21)5-7-16/h4-7,14H,8-13H2,1-3H3,(H,22,26). The zero-order valence-electron chi connectivity index (χ0n) is 16.2. The minimum atomic E-state index is -0.307. The van der Waals surface area contributed by atoms with Crippen molar-refractivity contribution in [2.24, 2.45) is 0 Å². The second-order valence-electron chi connectivity index (χ2n) is 7.98. The molecule has 0 bridgehead atoms. The molecular formula is C20H27FN4OS. The number of nitrogens with one attached hydrogen (secondary N) is 1. The highest BCUT2D eigenvalue weighted by Gasteiger charge is 2.22. The summed E-state index contributed by atoms with van der Waals surface area (Å²) in [6.45, 7) is 11.3. The van der Waals surface area contributed by atoms with Gasteiger partial charge in [0, 0.05) is 42.7 Å². The number of halogens is 1. The number of hydrogen-bond acceptors (Lipinski definition) is 5. The van der Waals surface area contributed by atoms with E-state index in [9.17, 15) is 9.18 Å². The van der Waals surface area contributed by atoms with E-state index < -0.39 is 0 Å². The van der Waals surface area contributed by atoms with Gasteiger partial charge in [-0.3, -0.25) is 14.6 Å². The summed E-state index contributed by atoms with van der Waals surface area (Å²) in [5.74, 6) is -0.372. The lowest BCUT2D eigenvalue weighted by molar-refractivity contribution is -0.117. The minimum absolute atomic E-state index is 0.0650. The fourth-order valence-electron chi connectivity index (χ4n) is 2.96. The Bertz CT molecular complexity index is 761. The molecule has 1 amide bonds. The molecular weight excluding hydrogens is 363 g/mol. The quantitative estimate of drug-likeness (QED) is 0.851. The van der Waals surface area contributed by atoms with Crippen molar-refractivity contribution >= 4 is 22.9 Å². The van der Waals surface area contributed by atoms with Crippen LogP contribution in [0, 0.1) is 5.82 Å². The van der Waals surface area contributed by atoms with Gasteiger partial charge in [-0.05, 0) is 24.3 Å². The number of carbonyl (C=O) groups excluding carboxylic acids is 1. The van der Waals surface area contributed by atoms with Gasteiger partial charge >= 0.3 is 0 Å². The van der Waals surface area contributed by atoms with Crippen LogP contribution < -0.4 is 5.32 Å². The number of thiazole rings is 1. The number of aromatic nitrogens is 1. The minimum Gasteiger partial charge on any atom is -0.325 e. The van der Waals surface area contributed by atoms with Crippen LogP contribution in [0.3, 0.4) is 0 Å². The normalized spacial score (nSPS) is 16.4. The monoisotopic (exact) mass is 390 g/mol. The highest BCUT2D eigenvalue weighted by atomic mass is 32.1. The summed E-state index contributed by atoms with van der Waals surface area (Å²) < 4.78 is 12.9. The first-order chi connectivity index (χ1) is 12.8. The van der Waals surface area contributed by atoms with Gasteiger partial charge in [0.1, 0.15) is 10.8 Å². The molecule has 1 aromatic carbocycles. The van der Waals surface area contributed by atoms with E-state index in [4.69, 9.17) is 4.98 Å². The number of rotatable bonds is 5. The molecule has 1 saturated heterocycles. The van der Waals surface area contributed by atoms with E-state index in [0.29, 0.717) is 12.2 Å². The van der Waals surface area contributed by atoms with Gasteiger partial charge in [0.15, 0.2) is 0 Å². The van der Waals surface area contributed by atoms with Gasteiger partial charge in [0.05, 0.1) is 18.8 Å². The summed E-state index contributed by atoms with van der Waals surface area (Å²) in [7, 11) is 0. The first kappa shape index (κ1) is 19.9. The molecule has 1 aliphatic rings. The number of anilines is 1. The van der Waals surface area contributed by atoms with Gasteiger partial charge in [-0.2, -0.15) is 0 Å². The van der Waals surface area contributed by atoms with E-state index in [1.807, 2.05) is 0 Å². The topological polar surface area (TPSA) is 48.5 Å². The van der Waals surface area contributed by atoms with Crippen LogP contribution in [0.5, 0.6) is 0 Å². The molecule has 5 nitrogen and oxygen atoms in total. The lowest BCUT2D eigenvalue weighted by Crippen LogP contribution is -2.48. The third-order valence-electron chi connectivity index (χ3n) is 4.64. The molecule has 3 rings (SSSR count). The van der Waals surface area contributed by atoms with Crippen LogP contribution in [-0.2, 0) is 16.8 Å². The molecule has 1 aliphatic heterocycles. The van der Waals surface area contributed by atoms with Crippen LogP contribution in [0.2, 0.25) is 0 Å². The smallest absolute Gasteiger partial charge is 0.238 e. The Morgan fingerprint density at radius 2 is 1.78 bits per heavy atom. The van der Waals surface area contributed by atoms with Gasteiger partial charge in [-0.15, -0.1) is 11.3 Å². The molecule has 0 spiro atoms. The Balaban J connectivity index is 1.42. The SMILES string of the molecule is CC(C)(C)c1csc(CN2CCN(CC(=O)Nc3ccc(F)cc3)CC2)n1. The first-order valence-electron chi connectivity index (χ1n) is 9.24. The summed E-state index contributed by atoms with van der Waals surface area (Å²) in [6.07, 6.45) is 0. The van der Waals surface area contributed by atoms with Gasteiger partial charge in [0.25, 0.3) is 0 Å².